The Balaban J connectivity index is 1.95. The van der Waals surface area contributed by atoms with Crippen molar-refractivity contribution in [1.82, 2.24) is 20.4 Å². The highest BCUT2D eigenvalue weighted by Crippen LogP contribution is 2.16. The van der Waals surface area contributed by atoms with Gasteiger partial charge in [-0.2, -0.15) is 5.10 Å². The number of hydrogen-bond acceptors (Lipinski definition) is 4. The van der Waals surface area contributed by atoms with Gasteiger partial charge in [0.1, 0.15) is 0 Å². The molecule has 6 heteroatoms. The number of rotatable bonds is 6. The van der Waals surface area contributed by atoms with Crippen molar-refractivity contribution in [3.8, 4) is 0 Å². The number of fused-ring (bicyclic) bond motifs is 1. The van der Waals surface area contributed by atoms with Crippen molar-refractivity contribution in [2.45, 2.75) is 13.0 Å². The van der Waals surface area contributed by atoms with Crippen LogP contribution in [0.1, 0.15) is 17.4 Å². The molecule has 6 nitrogen and oxygen atoms in total. The number of benzene rings is 1. The third-order valence-electron chi connectivity index (χ3n) is 3.00. The topological polar surface area (TPSA) is 79.2 Å². The molecule has 0 bridgehead atoms. The number of nitrogens with zero attached hydrogens (tertiary/aromatic N) is 2. The van der Waals surface area contributed by atoms with E-state index in [1.807, 2.05) is 31.3 Å². The maximum absolute atomic E-state index is 12.1. The van der Waals surface area contributed by atoms with Crippen LogP contribution >= 0.6 is 0 Å². The molecule has 20 heavy (non-hydrogen) atoms. The fourth-order valence-corrected chi connectivity index (χ4v) is 2.04. The molecule has 0 aliphatic carbocycles. The van der Waals surface area contributed by atoms with Crippen LogP contribution in [0.15, 0.2) is 24.3 Å². The molecule has 2 rings (SSSR count). The Labute approximate surface area is 117 Å². The first-order chi connectivity index (χ1) is 9.59. The van der Waals surface area contributed by atoms with E-state index >= 15 is 0 Å². The summed E-state index contributed by atoms with van der Waals surface area (Å²) in [6.45, 7) is 3.34. The molecule has 108 valence electrons. The minimum Gasteiger partial charge on any atom is -0.392 e. The summed E-state index contributed by atoms with van der Waals surface area (Å²) in [5.41, 5.74) is 1.38. The van der Waals surface area contributed by atoms with E-state index in [-0.39, 0.29) is 12.0 Å². The van der Waals surface area contributed by atoms with E-state index < -0.39 is 0 Å². The maximum atomic E-state index is 12.1. The third kappa shape index (κ3) is 3.34. The predicted molar refractivity (Wildman–Crippen MR) is 77.6 cm³/mol. The van der Waals surface area contributed by atoms with Crippen LogP contribution in [0, 0.1) is 0 Å². The molecule has 1 amide bonds. The summed E-state index contributed by atoms with van der Waals surface area (Å²) in [6.07, 6.45) is -0.384. The fourth-order valence-electron chi connectivity index (χ4n) is 2.04. The van der Waals surface area contributed by atoms with Gasteiger partial charge < -0.3 is 15.7 Å². The van der Waals surface area contributed by atoms with Crippen LogP contribution in [0.4, 0.5) is 0 Å². The van der Waals surface area contributed by atoms with Crippen LogP contribution in [0.2, 0.25) is 0 Å². The molecule has 1 heterocycles. The molecule has 1 aromatic carbocycles. The number of carbonyl (C=O) groups is 1. The Morgan fingerprint density at radius 2 is 2.15 bits per heavy atom. The van der Waals surface area contributed by atoms with Gasteiger partial charge in [0.2, 0.25) is 0 Å². The number of aliphatic hydroxyl groups is 1. The largest absolute Gasteiger partial charge is 0.392 e. The number of hydrogen-bond donors (Lipinski definition) is 3. The first-order valence-electron chi connectivity index (χ1n) is 6.68. The summed E-state index contributed by atoms with van der Waals surface area (Å²) >= 11 is 0. The van der Waals surface area contributed by atoms with Gasteiger partial charge in [-0.05, 0) is 13.0 Å². The van der Waals surface area contributed by atoms with Gasteiger partial charge in [0.05, 0.1) is 11.6 Å². The second-order valence-electron chi connectivity index (χ2n) is 4.80. The molecule has 3 N–H and O–H groups in total. The molecule has 0 spiro atoms. The van der Waals surface area contributed by atoms with Gasteiger partial charge in [0, 0.05) is 32.1 Å². The van der Waals surface area contributed by atoms with Crippen molar-refractivity contribution in [2.75, 3.05) is 19.6 Å². The number of aliphatic hydroxyl groups excluding tert-OH is 1. The zero-order valence-corrected chi connectivity index (χ0v) is 11.8. The standard InChI is InChI=1S/C14H20N4O2/c1-10(19)9-15-7-8-16-14(20)13-11-5-3-4-6-12(11)18(2)17-13/h3-6,10,15,19H,7-9H2,1-2H3,(H,16,20). The minimum absolute atomic E-state index is 0.180. The van der Waals surface area contributed by atoms with Gasteiger partial charge in [-0.25, -0.2) is 0 Å². The molecular formula is C14H20N4O2. The maximum Gasteiger partial charge on any atom is 0.272 e. The van der Waals surface area contributed by atoms with Crippen LogP contribution in [-0.4, -0.2) is 46.5 Å². The summed E-state index contributed by atoms with van der Waals surface area (Å²) in [6, 6.07) is 7.64. The average molecular weight is 276 g/mol. The molecule has 0 aliphatic heterocycles. The van der Waals surface area contributed by atoms with Crippen molar-refractivity contribution >= 4 is 16.8 Å². The normalized spacial score (nSPS) is 12.6. The van der Waals surface area contributed by atoms with Crippen molar-refractivity contribution in [1.29, 1.82) is 0 Å². The van der Waals surface area contributed by atoms with E-state index in [2.05, 4.69) is 15.7 Å². The minimum atomic E-state index is -0.384. The lowest BCUT2D eigenvalue weighted by Gasteiger charge is -2.07. The lowest BCUT2D eigenvalue weighted by molar-refractivity contribution is 0.0949. The predicted octanol–water partition coefficient (Wildman–Crippen LogP) is 0.274. The number of aromatic nitrogens is 2. The van der Waals surface area contributed by atoms with Crippen LogP contribution in [0.3, 0.4) is 0 Å². The summed E-state index contributed by atoms with van der Waals surface area (Å²) < 4.78 is 1.70. The lowest BCUT2D eigenvalue weighted by atomic mass is 10.2. The van der Waals surface area contributed by atoms with Crippen LogP contribution < -0.4 is 10.6 Å². The Morgan fingerprint density at radius 1 is 1.40 bits per heavy atom. The van der Waals surface area contributed by atoms with Gasteiger partial charge in [0.25, 0.3) is 5.91 Å². The zero-order valence-electron chi connectivity index (χ0n) is 11.8. The molecule has 0 fully saturated rings. The molecular weight excluding hydrogens is 256 g/mol. The van der Waals surface area contributed by atoms with E-state index in [1.165, 1.54) is 0 Å². The highest BCUT2D eigenvalue weighted by Gasteiger charge is 2.14. The van der Waals surface area contributed by atoms with E-state index in [9.17, 15) is 4.79 Å². The summed E-state index contributed by atoms with van der Waals surface area (Å²) in [5, 5.41) is 20.1. The van der Waals surface area contributed by atoms with Gasteiger partial charge in [-0.3, -0.25) is 9.48 Å². The highest BCUT2D eigenvalue weighted by molar-refractivity contribution is 6.04. The van der Waals surface area contributed by atoms with Crippen molar-refractivity contribution in [3.05, 3.63) is 30.0 Å². The van der Waals surface area contributed by atoms with Gasteiger partial charge in [-0.15, -0.1) is 0 Å². The van der Waals surface area contributed by atoms with Crippen molar-refractivity contribution in [2.24, 2.45) is 7.05 Å². The number of carbonyl (C=O) groups excluding carboxylic acids is 1. The monoisotopic (exact) mass is 276 g/mol. The molecule has 1 aromatic heterocycles. The Bertz CT molecular complexity index is 592. The quantitative estimate of drug-likeness (QED) is 0.662. The summed E-state index contributed by atoms with van der Waals surface area (Å²) in [5.74, 6) is -0.180. The van der Waals surface area contributed by atoms with Crippen LogP contribution in [0.25, 0.3) is 10.9 Å². The summed E-state index contributed by atoms with van der Waals surface area (Å²) in [4.78, 5) is 12.1. The molecule has 1 atom stereocenters. The lowest BCUT2D eigenvalue weighted by Crippen LogP contribution is -2.34. The van der Waals surface area contributed by atoms with E-state index in [0.717, 1.165) is 10.9 Å². The number of nitrogens with one attached hydrogen (secondary N) is 2. The smallest absolute Gasteiger partial charge is 0.272 e. The van der Waals surface area contributed by atoms with Gasteiger partial charge in [-0.1, -0.05) is 18.2 Å². The number of para-hydroxylation sites is 1. The Hall–Kier alpha value is -1.92. The molecule has 2 aromatic rings. The number of amides is 1. The second-order valence-corrected chi connectivity index (χ2v) is 4.80. The van der Waals surface area contributed by atoms with E-state index in [0.29, 0.717) is 25.3 Å². The first kappa shape index (κ1) is 14.5. The second kappa shape index (κ2) is 6.49. The SMILES string of the molecule is CC(O)CNCCNC(=O)c1nn(C)c2ccccc12. The van der Waals surface area contributed by atoms with Crippen molar-refractivity contribution < 1.29 is 9.90 Å². The summed E-state index contributed by atoms with van der Waals surface area (Å²) in [7, 11) is 1.82. The first-order valence-corrected chi connectivity index (χ1v) is 6.68. The van der Waals surface area contributed by atoms with E-state index in [1.54, 1.807) is 11.6 Å². The van der Waals surface area contributed by atoms with Gasteiger partial charge in [0.15, 0.2) is 5.69 Å². The third-order valence-corrected chi connectivity index (χ3v) is 3.00. The van der Waals surface area contributed by atoms with Crippen LogP contribution in [0.5, 0.6) is 0 Å². The Kier molecular flexibility index (Phi) is 4.70. The van der Waals surface area contributed by atoms with E-state index in [4.69, 9.17) is 5.11 Å². The number of aryl methyl sites for hydroxylation is 1. The molecule has 1 unspecified atom stereocenters. The Morgan fingerprint density at radius 3 is 2.90 bits per heavy atom. The molecule has 0 radical (unpaired) electrons. The fraction of sp³-hybridized carbons (Fsp3) is 0.429. The zero-order chi connectivity index (χ0) is 14.5. The molecule has 0 saturated heterocycles. The van der Waals surface area contributed by atoms with Crippen LogP contribution in [-0.2, 0) is 7.05 Å². The van der Waals surface area contributed by atoms with Gasteiger partial charge >= 0.3 is 0 Å². The van der Waals surface area contributed by atoms with Crippen molar-refractivity contribution in [3.63, 3.8) is 0 Å². The highest BCUT2D eigenvalue weighted by atomic mass is 16.3. The molecule has 0 saturated carbocycles. The molecule has 0 aliphatic rings. The average Bonchev–Trinajstić information content (AvgIpc) is 2.76.